The van der Waals surface area contributed by atoms with Crippen molar-refractivity contribution in [1.82, 2.24) is 10.2 Å². The maximum atomic E-state index is 13.3. The van der Waals surface area contributed by atoms with Crippen LogP contribution in [0.15, 0.2) is 42.5 Å². The van der Waals surface area contributed by atoms with Crippen molar-refractivity contribution in [3.63, 3.8) is 0 Å². The van der Waals surface area contributed by atoms with Crippen LogP contribution in [0.1, 0.15) is 58.5 Å². The highest BCUT2D eigenvalue weighted by Gasteiger charge is 2.43. The van der Waals surface area contributed by atoms with Gasteiger partial charge in [0.2, 0.25) is 0 Å². The summed E-state index contributed by atoms with van der Waals surface area (Å²) in [5.41, 5.74) is 0.482. The summed E-state index contributed by atoms with van der Waals surface area (Å²) < 4.78 is 0. The van der Waals surface area contributed by atoms with Crippen molar-refractivity contribution in [3.05, 3.63) is 64.7 Å². The fraction of sp³-hybridized carbons (Fsp3) is 0.500. The first-order chi connectivity index (χ1) is 18.1. The van der Waals surface area contributed by atoms with E-state index in [0.717, 1.165) is 30.5 Å². The Morgan fingerprint density at radius 3 is 2.42 bits per heavy atom. The molecule has 0 fully saturated rings. The van der Waals surface area contributed by atoms with Gasteiger partial charge in [-0.3, -0.25) is 19.5 Å². The zero-order valence-electron chi connectivity index (χ0n) is 22.3. The van der Waals surface area contributed by atoms with Crippen LogP contribution in [0.4, 0.5) is 5.69 Å². The number of hydrogen-bond acceptors (Lipinski definition) is 8. The fourth-order valence-electron chi connectivity index (χ4n) is 4.58. The Hall–Kier alpha value is -3.02. The second-order valence-corrected chi connectivity index (χ2v) is 9.71. The minimum Gasteiger partial charge on any atom is -0.394 e. The first-order valence-corrected chi connectivity index (χ1v) is 13.0. The van der Waals surface area contributed by atoms with Crippen LogP contribution < -0.4 is 10.4 Å². The molecule has 0 radical (unpaired) electrons. The number of nitrogens with zero attached hydrogens (tertiary/aromatic N) is 2. The first kappa shape index (κ1) is 29.5. The molecule has 3 atom stereocenters. The summed E-state index contributed by atoms with van der Waals surface area (Å²) in [5, 5.41) is 45.3. The predicted octanol–water partition coefficient (Wildman–Crippen LogP) is 1.38. The van der Waals surface area contributed by atoms with Gasteiger partial charge in [-0.1, -0.05) is 32.0 Å². The SMILES string of the molecule is CCCN(CCC)C(=O)c1cc(C)cc(C(=O)N[C@](O)(CON2CCc3ccccc32)[C@H](O)[C@H](O)CO)c1. The lowest BCUT2D eigenvalue weighted by Crippen LogP contribution is -2.64. The second kappa shape index (κ2) is 13.2. The molecule has 1 heterocycles. The summed E-state index contributed by atoms with van der Waals surface area (Å²) in [6, 6.07) is 12.3. The second-order valence-electron chi connectivity index (χ2n) is 9.71. The zero-order valence-corrected chi connectivity index (χ0v) is 22.3. The Balaban J connectivity index is 1.83. The van der Waals surface area contributed by atoms with Crippen LogP contribution in [0.25, 0.3) is 0 Å². The van der Waals surface area contributed by atoms with Gasteiger partial charge in [0.25, 0.3) is 11.8 Å². The molecule has 0 spiro atoms. The molecule has 0 saturated carbocycles. The Labute approximate surface area is 223 Å². The molecule has 2 amide bonds. The van der Waals surface area contributed by atoms with Gasteiger partial charge in [-0.15, -0.1) is 0 Å². The molecule has 0 aliphatic carbocycles. The van der Waals surface area contributed by atoms with E-state index in [1.54, 1.807) is 29.0 Å². The van der Waals surface area contributed by atoms with Crippen LogP contribution in [-0.2, 0) is 11.3 Å². The molecule has 0 unspecified atom stereocenters. The van der Waals surface area contributed by atoms with Crippen molar-refractivity contribution in [2.45, 2.75) is 58.0 Å². The number of aliphatic hydroxyl groups is 4. The van der Waals surface area contributed by atoms with Crippen molar-refractivity contribution in [1.29, 1.82) is 0 Å². The number of para-hydroxylation sites is 1. The summed E-state index contributed by atoms with van der Waals surface area (Å²) in [6.07, 6.45) is -1.41. The molecule has 2 aromatic carbocycles. The normalized spacial score (nSPS) is 15.9. The molecule has 2 aromatic rings. The van der Waals surface area contributed by atoms with Crippen LogP contribution in [0.5, 0.6) is 0 Å². The molecule has 208 valence electrons. The molecule has 10 heteroatoms. The lowest BCUT2D eigenvalue weighted by molar-refractivity contribution is -0.174. The van der Waals surface area contributed by atoms with Gasteiger partial charge >= 0.3 is 0 Å². The number of nitrogens with one attached hydrogen (secondary N) is 1. The molecule has 1 aliphatic rings. The monoisotopic (exact) mass is 529 g/mol. The Bertz CT molecular complexity index is 1110. The standard InChI is InChI=1S/C28H39N3O7/c1-4-11-30(12-5-2)27(36)22-15-19(3)14-21(16-22)26(35)29-28(37,25(34)24(33)17-32)18-38-31-13-10-20-8-6-7-9-23(20)31/h6-9,14-16,24-25,32-34,37H,4-5,10-13,17-18H2,1-3H3,(H,29,35)/t24-,25-,28+/m1/s1. The van der Waals surface area contributed by atoms with Crippen molar-refractivity contribution < 1.29 is 34.9 Å². The summed E-state index contributed by atoms with van der Waals surface area (Å²) in [4.78, 5) is 33.9. The Kier molecular flexibility index (Phi) is 10.2. The number of fused-ring (bicyclic) bond motifs is 1. The first-order valence-electron chi connectivity index (χ1n) is 13.0. The Morgan fingerprint density at radius 2 is 1.76 bits per heavy atom. The topological polar surface area (TPSA) is 143 Å². The number of aliphatic hydroxyl groups excluding tert-OH is 3. The minimum atomic E-state index is -2.46. The maximum Gasteiger partial charge on any atom is 0.253 e. The zero-order chi connectivity index (χ0) is 27.9. The highest BCUT2D eigenvalue weighted by atomic mass is 16.7. The van der Waals surface area contributed by atoms with E-state index in [1.165, 1.54) is 6.07 Å². The lowest BCUT2D eigenvalue weighted by Gasteiger charge is -2.36. The molecule has 0 aromatic heterocycles. The number of aryl methyl sites for hydroxylation is 1. The van der Waals surface area contributed by atoms with Gasteiger partial charge < -0.3 is 30.6 Å². The molecule has 0 saturated heterocycles. The maximum absolute atomic E-state index is 13.3. The van der Waals surface area contributed by atoms with E-state index in [9.17, 15) is 30.0 Å². The van der Waals surface area contributed by atoms with E-state index in [0.29, 0.717) is 30.8 Å². The third-order valence-corrected chi connectivity index (χ3v) is 6.52. The van der Waals surface area contributed by atoms with Crippen LogP contribution in [0.2, 0.25) is 0 Å². The summed E-state index contributed by atoms with van der Waals surface area (Å²) >= 11 is 0. The minimum absolute atomic E-state index is 0.0944. The van der Waals surface area contributed by atoms with Crippen LogP contribution in [0, 0.1) is 6.92 Å². The lowest BCUT2D eigenvalue weighted by atomic mass is 10.00. The third-order valence-electron chi connectivity index (χ3n) is 6.52. The van der Waals surface area contributed by atoms with Gasteiger partial charge in [-0.25, -0.2) is 0 Å². The number of rotatable bonds is 13. The van der Waals surface area contributed by atoms with E-state index >= 15 is 0 Å². The number of carbonyl (C=O) groups is 2. The quantitative estimate of drug-likeness (QED) is 0.245. The van der Waals surface area contributed by atoms with Crippen LogP contribution in [-0.4, -0.2) is 87.9 Å². The van der Waals surface area contributed by atoms with Crippen molar-refractivity contribution in [2.24, 2.45) is 0 Å². The fourth-order valence-corrected chi connectivity index (χ4v) is 4.58. The van der Waals surface area contributed by atoms with Gasteiger partial charge in [0.05, 0.1) is 12.3 Å². The number of amides is 2. The van der Waals surface area contributed by atoms with E-state index in [-0.39, 0.29) is 11.5 Å². The smallest absolute Gasteiger partial charge is 0.253 e. The average molecular weight is 530 g/mol. The van der Waals surface area contributed by atoms with Crippen molar-refractivity contribution >= 4 is 17.5 Å². The van der Waals surface area contributed by atoms with Crippen LogP contribution >= 0.6 is 0 Å². The highest BCUT2D eigenvalue weighted by molar-refractivity contribution is 6.00. The van der Waals surface area contributed by atoms with E-state index in [2.05, 4.69) is 5.32 Å². The molecule has 0 bridgehead atoms. The van der Waals surface area contributed by atoms with Gasteiger partial charge in [0.15, 0.2) is 5.72 Å². The molecule has 3 rings (SSSR count). The third kappa shape index (κ3) is 6.89. The average Bonchev–Trinajstić information content (AvgIpc) is 3.33. The summed E-state index contributed by atoms with van der Waals surface area (Å²) in [5.74, 6) is -0.981. The number of hydroxylamine groups is 1. The van der Waals surface area contributed by atoms with E-state index in [1.807, 2.05) is 38.1 Å². The van der Waals surface area contributed by atoms with Crippen LogP contribution in [0.3, 0.4) is 0 Å². The van der Waals surface area contributed by atoms with Gasteiger partial charge in [0.1, 0.15) is 18.8 Å². The number of carbonyl (C=O) groups excluding carboxylic acids is 2. The molecule has 38 heavy (non-hydrogen) atoms. The Morgan fingerprint density at radius 1 is 1.11 bits per heavy atom. The molecule has 1 aliphatic heterocycles. The van der Waals surface area contributed by atoms with Gasteiger partial charge in [-0.2, -0.15) is 0 Å². The van der Waals surface area contributed by atoms with E-state index in [4.69, 9.17) is 4.84 Å². The molecular formula is C28H39N3O7. The number of benzene rings is 2. The largest absolute Gasteiger partial charge is 0.394 e. The summed E-state index contributed by atoms with van der Waals surface area (Å²) in [7, 11) is 0. The van der Waals surface area contributed by atoms with Crippen molar-refractivity contribution in [3.8, 4) is 0 Å². The number of hydrogen-bond donors (Lipinski definition) is 5. The van der Waals surface area contributed by atoms with E-state index < -0.39 is 37.1 Å². The van der Waals surface area contributed by atoms with Gasteiger partial charge in [-0.05, 0) is 61.6 Å². The van der Waals surface area contributed by atoms with Gasteiger partial charge in [0, 0.05) is 30.8 Å². The number of anilines is 1. The summed E-state index contributed by atoms with van der Waals surface area (Å²) in [6.45, 7) is 5.94. The molecule has 10 nitrogen and oxygen atoms in total. The molecular weight excluding hydrogens is 490 g/mol. The molecule has 5 N–H and O–H groups in total. The highest BCUT2D eigenvalue weighted by Crippen LogP contribution is 2.28. The predicted molar refractivity (Wildman–Crippen MR) is 143 cm³/mol. The van der Waals surface area contributed by atoms with Crippen molar-refractivity contribution in [2.75, 3.05) is 37.9 Å².